The fraction of sp³-hybridized carbons (Fsp3) is 0.150. The molecular weight excluding hydrogens is 352 g/mol. The zero-order valence-electron chi connectivity index (χ0n) is 13.9. The van der Waals surface area contributed by atoms with E-state index in [1.54, 1.807) is 12.1 Å². The van der Waals surface area contributed by atoms with Gasteiger partial charge in [-0.25, -0.2) is 0 Å². The Morgan fingerprint density at radius 1 is 1.19 bits per heavy atom. The molecule has 2 N–H and O–H groups in total. The zero-order valence-corrected chi connectivity index (χ0v) is 14.7. The molecule has 0 atom stereocenters. The monoisotopic (exact) mass is 368 g/mol. The van der Waals surface area contributed by atoms with E-state index in [2.05, 4.69) is 10.3 Å². The first-order chi connectivity index (χ1) is 12.7. The van der Waals surface area contributed by atoms with Gasteiger partial charge in [0.05, 0.1) is 11.6 Å². The Hall–Kier alpha value is -2.92. The fourth-order valence-corrected chi connectivity index (χ4v) is 3.14. The summed E-state index contributed by atoms with van der Waals surface area (Å²) in [7, 11) is 0. The van der Waals surface area contributed by atoms with Crippen molar-refractivity contribution < 1.29 is 14.3 Å². The van der Waals surface area contributed by atoms with E-state index >= 15 is 0 Å². The van der Waals surface area contributed by atoms with Crippen molar-refractivity contribution in [2.24, 2.45) is 0 Å². The third-order valence-electron chi connectivity index (χ3n) is 4.09. The van der Waals surface area contributed by atoms with Crippen LogP contribution in [0.1, 0.15) is 11.3 Å². The number of ether oxygens (including phenoxy) is 2. The lowest BCUT2D eigenvalue weighted by Crippen LogP contribution is -2.20. The number of rotatable bonds is 4. The summed E-state index contributed by atoms with van der Waals surface area (Å²) in [5.74, 6) is 0.967. The van der Waals surface area contributed by atoms with Gasteiger partial charge in [0.1, 0.15) is 13.2 Å². The summed E-state index contributed by atoms with van der Waals surface area (Å²) in [4.78, 5) is 15.4. The number of para-hydroxylation sites is 1. The standard InChI is InChI=1S/C20H17ClN2O3/c21-16-9-13(10-18-20(16)26-8-7-25-18)5-6-19(24)22-12-15-11-14-3-1-2-4-17(14)23-15/h1-6,9-11,23H,7-8,12H2,(H,22,24)/b6-5+. The lowest BCUT2D eigenvalue weighted by atomic mass is 10.1. The fourth-order valence-electron chi connectivity index (χ4n) is 2.87. The van der Waals surface area contributed by atoms with Crippen LogP contribution in [0, 0.1) is 0 Å². The minimum Gasteiger partial charge on any atom is -0.486 e. The van der Waals surface area contributed by atoms with Crippen LogP contribution in [-0.4, -0.2) is 24.1 Å². The first-order valence-electron chi connectivity index (χ1n) is 8.31. The molecule has 0 bridgehead atoms. The molecular formula is C20H17ClN2O3. The van der Waals surface area contributed by atoms with Crippen molar-refractivity contribution in [3.05, 3.63) is 64.8 Å². The Morgan fingerprint density at radius 3 is 2.92 bits per heavy atom. The van der Waals surface area contributed by atoms with E-state index in [1.165, 1.54) is 6.08 Å². The number of hydrogen-bond donors (Lipinski definition) is 2. The van der Waals surface area contributed by atoms with Crippen LogP contribution in [0.15, 0.2) is 48.5 Å². The second-order valence-corrected chi connectivity index (χ2v) is 6.37. The first kappa shape index (κ1) is 16.5. The van der Waals surface area contributed by atoms with Crippen LogP contribution in [0.2, 0.25) is 5.02 Å². The lowest BCUT2D eigenvalue weighted by molar-refractivity contribution is -0.116. The Balaban J connectivity index is 1.40. The van der Waals surface area contributed by atoms with Gasteiger partial charge in [0.25, 0.3) is 0 Å². The van der Waals surface area contributed by atoms with E-state index < -0.39 is 0 Å². The molecule has 132 valence electrons. The normalized spacial score (nSPS) is 13.3. The van der Waals surface area contributed by atoms with Gasteiger partial charge in [0, 0.05) is 17.3 Å². The number of H-pyrrole nitrogens is 1. The van der Waals surface area contributed by atoms with Gasteiger partial charge in [-0.1, -0.05) is 29.8 Å². The van der Waals surface area contributed by atoms with Gasteiger partial charge in [0.2, 0.25) is 5.91 Å². The van der Waals surface area contributed by atoms with Gasteiger partial charge in [-0.2, -0.15) is 0 Å². The Kier molecular flexibility index (Phi) is 4.54. The third kappa shape index (κ3) is 3.53. The van der Waals surface area contributed by atoms with Crippen molar-refractivity contribution in [3.63, 3.8) is 0 Å². The number of aromatic amines is 1. The number of amides is 1. The molecule has 6 heteroatoms. The molecule has 0 radical (unpaired) electrons. The number of carbonyl (C=O) groups is 1. The second-order valence-electron chi connectivity index (χ2n) is 5.96. The topological polar surface area (TPSA) is 63.4 Å². The van der Waals surface area contributed by atoms with E-state index in [9.17, 15) is 4.79 Å². The van der Waals surface area contributed by atoms with Gasteiger partial charge in [-0.05, 0) is 41.3 Å². The van der Waals surface area contributed by atoms with Crippen molar-refractivity contribution in [1.82, 2.24) is 10.3 Å². The van der Waals surface area contributed by atoms with E-state index in [0.717, 1.165) is 22.2 Å². The number of benzene rings is 2. The number of carbonyl (C=O) groups excluding carboxylic acids is 1. The molecule has 0 unspecified atom stereocenters. The Labute approximate surface area is 155 Å². The predicted molar refractivity (Wildman–Crippen MR) is 102 cm³/mol. The molecule has 0 spiro atoms. The van der Waals surface area contributed by atoms with Gasteiger partial charge in [-0.15, -0.1) is 0 Å². The summed E-state index contributed by atoms with van der Waals surface area (Å²) in [5.41, 5.74) is 2.79. The van der Waals surface area contributed by atoms with Crippen LogP contribution in [0.3, 0.4) is 0 Å². The molecule has 0 saturated heterocycles. The lowest BCUT2D eigenvalue weighted by Gasteiger charge is -2.19. The maximum Gasteiger partial charge on any atom is 0.244 e. The van der Waals surface area contributed by atoms with Crippen LogP contribution >= 0.6 is 11.6 Å². The summed E-state index contributed by atoms with van der Waals surface area (Å²) < 4.78 is 11.0. The van der Waals surface area contributed by atoms with Crippen molar-refractivity contribution in [2.75, 3.05) is 13.2 Å². The van der Waals surface area contributed by atoms with Gasteiger partial charge >= 0.3 is 0 Å². The Bertz CT molecular complexity index is 961. The summed E-state index contributed by atoms with van der Waals surface area (Å²) >= 11 is 6.20. The van der Waals surface area contributed by atoms with Gasteiger partial charge in [-0.3, -0.25) is 4.79 Å². The summed E-state index contributed by atoms with van der Waals surface area (Å²) in [6.07, 6.45) is 3.18. The van der Waals surface area contributed by atoms with Crippen LogP contribution in [0.5, 0.6) is 11.5 Å². The number of hydrogen-bond acceptors (Lipinski definition) is 3. The number of fused-ring (bicyclic) bond motifs is 2. The molecule has 0 fully saturated rings. The SMILES string of the molecule is O=C(/C=C/c1cc(Cl)c2c(c1)OCCO2)NCc1cc2ccccc2[nH]1. The number of nitrogens with one attached hydrogen (secondary N) is 2. The highest BCUT2D eigenvalue weighted by atomic mass is 35.5. The molecule has 1 amide bonds. The largest absolute Gasteiger partial charge is 0.486 e. The quantitative estimate of drug-likeness (QED) is 0.686. The van der Waals surface area contributed by atoms with E-state index in [1.807, 2.05) is 36.4 Å². The molecule has 1 aliphatic heterocycles. The molecule has 2 heterocycles. The first-order valence-corrected chi connectivity index (χ1v) is 8.68. The highest BCUT2D eigenvalue weighted by Crippen LogP contribution is 2.38. The maximum atomic E-state index is 12.1. The molecule has 5 nitrogen and oxygen atoms in total. The second kappa shape index (κ2) is 7.14. The highest BCUT2D eigenvalue weighted by Gasteiger charge is 2.15. The Morgan fingerprint density at radius 2 is 2.04 bits per heavy atom. The van der Waals surface area contributed by atoms with Crippen LogP contribution in [-0.2, 0) is 11.3 Å². The average molecular weight is 369 g/mol. The molecule has 4 rings (SSSR count). The van der Waals surface area contributed by atoms with E-state index in [0.29, 0.717) is 36.3 Å². The minimum absolute atomic E-state index is 0.185. The molecule has 0 saturated carbocycles. The highest BCUT2D eigenvalue weighted by molar-refractivity contribution is 6.32. The molecule has 1 aliphatic rings. The molecule has 0 aliphatic carbocycles. The maximum absolute atomic E-state index is 12.1. The molecule has 1 aromatic heterocycles. The van der Waals surface area contributed by atoms with Crippen molar-refractivity contribution in [1.29, 1.82) is 0 Å². The van der Waals surface area contributed by atoms with E-state index in [-0.39, 0.29) is 5.91 Å². The predicted octanol–water partition coefficient (Wildman–Crippen LogP) is 3.92. The average Bonchev–Trinajstić information content (AvgIpc) is 3.08. The van der Waals surface area contributed by atoms with Crippen LogP contribution in [0.25, 0.3) is 17.0 Å². The summed E-state index contributed by atoms with van der Waals surface area (Å²) in [6.45, 7) is 1.40. The van der Waals surface area contributed by atoms with Crippen molar-refractivity contribution in [3.8, 4) is 11.5 Å². The van der Waals surface area contributed by atoms with Crippen molar-refractivity contribution >= 4 is 34.5 Å². The van der Waals surface area contributed by atoms with Gasteiger partial charge < -0.3 is 19.8 Å². The number of aromatic nitrogens is 1. The molecule has 2 aromatic carbocycles. The van der Waals surface area contributed by atoms with Crippen LogP contribution in [0.4, 0.5) is 0 Å². The third-order valence-corrected chi connectivity index (χ3v) is 4.37. The summed E-state index contributed by atoms with van der Waals surface area (Å²) in [6, 6.07) is 13.6. The molecule has 26 heavy (non-hydrogen) atoms. The van der Waals surface area contributed by atoms with Gasteiger partial charge in [0.15, 0.2) is 11.5 Å². The number of halogens is 1. The van der Waals surface area contributed by atoms with E-state index in [4.69, 9.17) is 21.1 Å². The zero-order chi connectivity index (χ0) is 17.9. The minimum atomic E-state index is -0.185. The smallest absolute Gasteiger partial charge is 0.244 e. The van der Waals surface area contributed by atoms with Crippen LogP contribution < -0.4 is 14.8 Å². The molecule has 3 aromatic rings. The van der Waals surface area contributed by atoms with Crippen molar-refractivity contribution in [2.45, 2.75) is 6.54 Å². The summed E-state index contributed by atoms with van der Waals surface area (Å²) in [5, 5.41) is 4.46.